The summed E-state index contributed by atoms with van der Waals surface area (Å²) in [4.78, 5) is 0. The van der Waals surface area contributed by atoms with Crippen molar-refractivity contribution in [2.75, 3.05) is 6.61 Å². The highest BCUT2D eigenvalue weighted by Gasteiger charge is 2.26. The fourth-order valence-corrected chi connectivity index (χ4v) is 6.02. The third-order valence-corrected chi connectivity index (χ3v) is 8.17. The second-order valence-electron chi connectivity index (χ2n) is 10.6. The molecule has 1 saturated carbocycles. The molecular formula is C31H43FO. The van der Waals surface area contributed by atoms with Crippen molar-refractivity contribution in [3.8, 4) is 5.75 Å². The predicted octanol–water partition coefficient (Wildman–Crippen LogP) is 9.13. The van der Waals surface area contributed by atoms with Gasteiger partial charge in [0, 0.05) is 0 Å². The Morgan fingerprint density at radius 2 is 1.64 bits per heavy atom. The average Bonchev–Trinajstić information content (AvgIpc) is 2.84. The van der Waals surface area contributed by atoms with Gasteiger partial charge in [0.2, 0.25) is 0 Å². The summed E-state index contributed by atoms with van der Waals surface area (Å²) in [5.41, 5.74) is 4.89. The van der Waals surface area contributed by atoms with Gasteiger partial charge in [-0.05, 0) is 110 Å². The van der Waals surface area contributed by atoms with Gasteiger partial charge in [0.15, 0.2) is 0 Å². The van der Waals surface area contributed by atoms with Crippen LogP contribution in [0.25, 0.3) is 0 Å². The molecule has 2 heteroatoms. The van der Waals surface area contributed by atoms with E-state index >= 15 is 4.39 Å². The van der Waals surface area contributed by atoms with Crippen LogP contribution in [0.2, 0.25) is 0 Å². The highest BCUT2D eigenvalue weighted by Crippen LogP contribution is 2.40. The first-order valence-electron chi connectivity index (χ1n) is 13.7. The van der Waals surface area contributed by atoms with E-state index in [2.05, 4.69) is 44.2 Å². The maximum Gasteiger partial charge on any atom is 0.126 e. The molecule has 1 unspecified atom stereocenters. The maximum atomic E-state index is 15.3. The molecule has 2 aromatic carbocycles. The minimum atomic E-state index is 0.0190. The molecule has 180 valence electrons. The van der Waals surface area contributed by atoms with Crippen LogP contribution in [0.5, 0.6) is 5.75 Å². The zero-order valence-corrected chi connectivity index (χ0v) is 20.9. The van der Waals surface area contributed by atoms with Crippen molar-refractivity contribution in [1.82, 2.24) is 0 Å². The lowest BCUT2D eigenvalue weighted by Gasteiger charge is -2.30. The molecular weight excluding hydrogens is 407 g/mol. The Bertz CT molecular complexity index is 880. The fraction of sp³-hybridized carbons (Fsp3) is 0.613. The second-order valence-corrected chi connectivity index (χ2v) is 10.6. The van der Waals surface area contributed by atoms with Gasteiger partial charge in [-0.3, -0.25) is 0 Å². The lowest BCUT2D eigenvalue weighted by molar-refractivity contribution is 0.302. The number of rotatable bonds is 10. The Labute approximate surface area is 201 Å². The smallest absolute Gasteiger partial charge is 0.126 e. The number of halogens is 1. The standard InChI is InChI=1S/C31H43FO/c1-3-5-7-8-23-9-11-24(12-10-23)27-16-18-30(31(32)22-27)28-14-13-26-21-29(33-19-6-4-2)17-15-25(26)20-28/h15-18,21-24,28H,3-14,19-20H2,1-2H3. The van der Waals surface area contributed by atoms with Crippen molar-refractivity contribution in [3.05, 3.63) is 64.5 Å². The van der Waals surface area contributed by atoms with Crippen LogP contribution in [0.4, 0.5) is 4.39 Å². The molecule has 0 spiro atoms. The first-order chi connectivity index (χ1) is 16.2. The average molecular weight is 451 g/mol. The second kappa shape index (κ2) is 12.0. The topological polar surface area (TPSA) is 9.23 Å². The van der Waals surface area contributed by atoms with Gasteiger partial charge in [-0.25, -0.2) is 4.39 Å². The molecule has 0 bridgehead atoms. The van der Waals surface area contributed by atoms with Crippen LogP contribution in [0.1, 0.15) is 119 Å². The molecule has 4 rings (SSSR count). The molecule has 33 heavy (non-hydrogen) atoms. The maximum absolute atomic E-state index is 15.3. The number of benzene rings is 2. The summed E-state index contributed by atoms with van der Waals surface area (Å²) in [5, 5.41) is 0. The lowest BCUT2D eigenvalue weighted by Crippen LogP contribution is -2.16. The van der Waals surface area contributed by atoms with E-state index in [4.69, 9.17) is 4.74 Å². The zero-order valence-electron chi connectivity index (χ0n) is 20.9. The van der Waals surface area contributed by atoms with Gasteiger partial charge >= 0.3 is 0 Å². The Hall–Kier alpha value is -1.83. The van der Waals surface area contributed by atoms with Gasteiger partial charge in [-0.15, -0.1) is 0 Å². The molecule has 0 radical (unpaired) electrons. The number of hydrogen-bond donors (Lipinski definition) is 0. The minimum Gasteiger partial charge on any atom is -0.494 e. The Morgan fingerprint density at radius 3 is 2.39 bits per heavy atom. The molecule has 1 fully saturated rings. The van der Waals surface area contributed by atoms with Gasteiger partial charge in [-0.2, -0.15) is 0 Å². The monoisotopic (exact) mass is 450 g/mol. The van der Waals surface area contributed by atoms with Gasteiger partial charge in [0.1, 0.15) is 11.6 Å². The van der Waals surface area contributed by atoms with E-state index in [1.807, 2.05) is 6.07 Å². The molecule has 2 aromatic rings. The molecule has 0 heterocycles. The number of hydrogen-bond acceptors (Lipinski definition) is 1. The molecule has 2 aliphatic carbocycles. The van der Waals surface area contributed by atoms with Gasteiger partial charge in [0.25, 0.3) is 0 Å². The number of unbranched alkanes of at least 4 members (excludes halogenated alkanes) is 3. The summed E-state index contributed by atoms with van der Waals surface area (Å²) in [5.74, 6) is 2.74. The van der Waals surface area contributed by atoms with E-state index < -0.39 is 0 Å². The molecule has 1 atom stereocenters. The number of aryl methyl sites for hydroxylation is 1. The largest absolute Gasteiger partial charge is 0.494 e. The third-order valence-electron chi connectivity index (χ3n) is 8.17. The highest BCUT2D eigenvalue weighted by molar-refractivity contribution is 5.40. The van der Waals surface area contributed by atoms with Crippen LogP contribution in [0, 0.1) is 11.7 Å². The molecule has 1 nitrogen and oxygen atoms in total. The van der Waals surface area contributed by atoms with Crippen molar-refractivity contribution in [1.29, 1.82) is 0 Å². The summed E-state index contributed by atoms with van der Waals surface area (Å²) in [6, 6.07) is 12.7. The van der Waals surface area contributed by atoms with E-state index in [0.717, 1.165) is 55.9 Å². The predicted molar refractivity (Wildman–Crippen MR) is 137 cm³/mol. The van der Waals surface area contributed by atoms with Crippen molar-refractivity contribution in [2.45, 2.75) is 109 Å². The normalized spacial score (nSPS) is 22.7. The summed E-state index contributed by atoms with van der Waals surface area (Å²) in [6.45, 7) is 5.25. The molecule has 0 saturated heterocycles. The molecule has 0 aromatic heterocycles. The van der Waals surface area contributed by atoms with Crippen LogP contribution in [-0.4, -0.2) is 6.61 Å². The zero-order chi connectivity index (χ0) is 23.0. The van der Waals surface area contributed by atoms with E-state index in [1.165, 1.54) is 68.1 Å². The molecule has 0 aliphatic heterocycles. The fourth-order valence-electron chi connectivity index (χ4n) is 6.02. The summed E-state index contributed by atoms with van der Waals surface area (Å²) >= 11 is 0. The summed E-state index contributed by atoms with van der Waals surface area (Å²) in [7, 11) is 0. The van der Waals surface area contributed by atoms with E-state index in [0.29, 0.717) is 5.92 Å². The van der Waals surface area contributed by atoms with Crippen molar-refractivity contribution in [3.63, 3.8) is 0 Å². The van der Waals surface area contributed by atoms with Crippen molar-refractivity contribution < 1.29 is 9.13 Å². The first kappa shape index (κ1) is 24.3. The van der Waals surface area contributed by atoms with E-state index in [-0.39, 0.29) is 11.7 Å². The van der Waals surface area contributed by atoms with Crippen LogP contribution in [-0.2, 0) is 12.8 Å². The van der Waals surface area contributed by atoms with E-state index in [9.17, 15) is 0 Å². The molecule has 0 N–H and O–H groups in total. The van der Waals surface area contributed by atoms with Gasteiger partial charge < -0.3 is 4.74 Å². The Kier molecular flexibility index (Phi) is 8.87. The summed E-state index contributed by atoms with van der Waals surface area (Å²) < 4.78 is 21.1. The summed E-state index contributed by atoms with van der Waals surface area (Å²) in [6.07, 6.45) is 15.8. The molecule has 2 aliphatic rings. The Morgan fingerprint density at radius 1 is 0.818 bits per heavy atom. The van der Waals surface area contributed by atoms with Crippen molar-refractivity contribution in [2.24, 2.45) is 5.92 Å². The lowest BCUT2D eigenvalue weighted by atomic mass is 9.76. The first-order valence-corrected chi connectivity index (χ1v) is 13.7. The van der Waals surface area contributed by atoms with Crippen LogP contribution >= 0.6 is 0 Å². The number of fused-ring (bicyclic) bond motifs is 1. The number of ether oxygens (including phenoxy) is 1. The van der Waals surface area contributed by atoms with Crippen molar-refractivity contribution >= 4 is 0 Å². The minimum absolute atomic E-state index is 0.0190. The van der Waals surface area contributed by atoms with Crippen LogP contribution < -0.4 is 4.74 Å². The van der Waals surface area contributed by atoms with Crippen LogP contribution in [0.3, 0.4) is 0 Å². The third kappa shape index (κ3) is 6.40. The quantitative estimate of drug-likeness (QED) is 0.328. The SMILES string of the molecule is CCCCCC1CCC(c2ccc(C3CCc4cc(OCCCC)ccc4C3)c(F)c2)CC1. The van der Waals surface area contributed by atoms with Crippen LogP contribution in [0.15, 0.2) is 36.4 Å². The highest BCUT2D eigenvalue weighted by atomic mass is 19.1. The van der Waals surface area contributed by atoms with E-state index in [1.54, 1.807) is 0 Å². The molecule has 0 amide bonds. The van der Waals surface area contributed by atoms with Gasteiger partial charge in [0.05, 0.1) is 6.61 Å². The Balaban J connectivity index is 1.34. The van der Waals surface area contributed by atoms with Gasteiger partial charge in [-0.1, -0.05) is 64.2 Å².